The lowest BCUT2D eigenvalue weighted by Crippen LogP contribution is -2.25. The van der Waals surface area contributed by atoms with Crippen molar-refractivity contribution in [2.24, 2.45) is 0 Å². The van der Waals surface area contributed by atoms with Gasteiger partial charge < -0.3 is 18.8 Å². The van der Waals surface area contributed by atoms with Gasteiger partial charge in [0.15, 0.2) is 11.5 Å². The van der Waals surface area contributed by atoms with Gasteiger partial charge in [0, 0.05) is 18.2 Å². The molecule has 0 bridgehead atoms. The molecule has 1 aromatic carbocycles. The maximum Gasteiger partial charge on any atom is 0.374 e. The number of ether oxygens (including phenoxy) is 3. The van der Waals surface area contributed by atoms with E-state index in [1.54, 1.807) is 52.8 Å². The van der Waals surface area contributed by atoms with Crippen LogP contribution in [0, 0.1) is 0 Å². The quantitative estimate of drug-likeness (QED) is 0.461. The van der Waals surface area contributed by atoms with Gasteiger partial charge >= 0.3 is 17.9 Å². The number of aromatic nitrogens is 2. The van der Waals surface area contributed by atoms with Crippen molar-refractivity contribution in [3.63, 3.8) is 0 Å². The van der Waals surface area contributed by atoms with Gasteiger partial charge in [-0.25, -0.2) is 14.6 Å². The molecule has 176 valence electrons. The summed E-state index contributed by atoms with van der Waals surface area (Å²) in [7, 11) is 0. The van der Waals surface area contributed by atoms with Gasteiger partial charge in [-0.1, -0.05) is 18.2 Å². The van der Waals surface area contributed by atoms with E-state index in [1.807, 2.05) is 0 Å². The van der Waals surface area contributed by atoms with Crippen LogP contribution in [0.5, 0.6) is 0 Å². The molecule has 0 radical (unpaired) electrons. The molecule has 33 heavy (non-hydrogen) atoms. The Balaban J connectivity index is 1.96. The van der Waals surface area contributed by atoms with E-state index in [-0.39, 0.29) is 43.4 Å². The molecule has 9 heteroatoms. The number of esters is 3. The number of rotatable bonds is 7. The van der Waals surface area contributed by atoms with E-state index >= 15 is 0 Å². The molecule has 0 fully saturated rings. The average Bonchev–Trinajstić information content (AvgIpc) is 3.30. The van der Waals surface area contributed by atoms with Crippen molar-refractivity contribution in [3.05, 3.63) is 52.6 Å². The van der Waals surface area contributed by atoms with Gasteiger partial charge in [-0.3, -0.25) is 9.59 Å². The number of hydrogen-bond acceptors (Lipinski definition) is 8. The highest BCUT2D eigenvalue weighted by atomic mass is 16.6. The summed E-state index contributed by atoms with van der Waals surface area (Å²) in [6.45, 7) is 8.92. The lowest BCUT2D eigenvalue weighted by Gasteiger charge is -2.20. The third-order valence-corrected chi connectivity index (χ3v) is 5.00. The smallest absolute Gasteiger partial charge is 0.374 e. The highest BCUT2D eigenvalue weighted by Crippen LogP contribution is 2.34. The van der Waals surface area contributed by atoms with Gasteiger partial charge in [-0.2, -0.15) is 0 Å². The average molecular weight is 456 g/mol. The highest BCUT2D eigenvalue weighted by molar-refractivity contribution is 6.04. The molecule has 1 aromatic heterocycles. The van der Waals surface area contributed by atoms with Crippen LogP contribution in [-0.4, -0.2) is 52.1 Å². The number of ketones is 1. The van der Waals surface area contributed by atoms with Crippen LogP contribution in [0.4, 0.5) is 0 Å². The Morgan fingerprint density at radius 3 is 2.39 bits per heavy atom. The predicted octanol–water partition coefficient (Wildman–Crippen LogP) is 3.10. The first-order chi connectivity index (χ1) is 15.6. The number of fused-ring (bicyclic) bond motifs is 1. The van der Waals surface area contributed by atoms with Crippen molar-refractivity contribution < 1.29 is 33.4 Å². The fraction of sp³-hybridized carbons (Fsp3) is 0.458. The number of benzene rings is 1. The molecular formula is C24H28N2O7. The van der Waals surface area contributed by atoms with E-state index in [0.717, 1.165) is 0 Å². The number of carbonyl (C=O) groups is 4. The first kappa shape index (κ1) is 24.2. The molecule has 9 nitrogen and oxygen atoms in total. The molecule has 1 unspecified atom stereocenters. The normalized spacial score (nSPS) is 15.2. The third-order valence-electron chi connectivity index (χ3n) is 5.00. The largest absolute Gasteiger partial charge is 0.461 e. The lowest BCUT2D eigenvalue weighted by atomic mass is 10.0. The van der Waals surface area contributed by atoms with Gasteiger partial charge in [0.1, 0.15) is 11.6 Å². The van der Waals surface area contributed by atoms with E-state index in [0.29, 0.717) is 16.7 Å². The van der Waals surface area contributed by atoms with Crippen LogP contribution in [0.25, 0.3) is 0 Å². The summed E-state index contributed by atoms with van der Waals surface area (Å²) in [6, 6.07) is 4.37. The van der Waals surface area contributed by atoms with Crippen LogP contribution >= 0.6 is 0 Å². The number of imidazole rings is 1. The monoisotopic (exact) mass is 456 g/mol. The van der Waals surface area contributed by atoms with Crippen molar-refractivity contribution in [3.8, 4) is 0 Å². The van der Waals surface area contributed by atoms with E-state index < -0.39 is 29.6 Å². The first-order valence-corrected chi connectivity index (χ1v) is 10.9. The Bertz CT molecular complexity index is 1090. The van der Waals surface area contributed by atoms with Gasteiger partial charge in [0.05, 0.1) is 19.6 Å². The molecule has 3 rings (SSSR count). The van der Waals surface area contributed by atoms with Crippen LogP contribution in [0.1, 0.15) is 83.3 Å². The molecule has 0 aliphatic heterocycles. The van der Waals surface area contributed by atoms with E-state index in [9.17, 15) is 19.2 Å². The maximum absolute atomic E-state index is 13.3. The standard InChI is InChI=1S/C24H28N2O7/c1-6-31-22(29)17-13-26(21(25-17)23(30)32-7-2)18-12-16-14(9-8-10-15(16)20(18)28)11-19(27)33-24(3,4)5/h8-10,13,18H,6-7,11-12H2,1-5H3. The second-order valence-corrected chi connectivity index (χ2v) is 8.59. The van der Waals surface area contributed by atoms with Crippen molar-refractivity contribution in [1.29, 1.82) is 0 Å². The SMILES string of the molecule is CCOC(=O)c1cn(C2Cc3c(CC(=O)OC(C)(C)C)cccc3C2=O)c(C(=O)OCC)n1. The number of nitrogens with zero attached hydrogens (tertiary/aromatic N) is 2. The Labute approximate surface area is 192 Å². The van der Waals surface area contributed by atoms with Crippen molar-refractivity contribution in [2.75, 3.05) is 13.2 Å². The first-order valence-electron chi connectivity index (χ1n) is 10.9. The second-order valence-electron chi connectivity index (χ2n) is 8.59. The minimum Gasteiger partial charge on any atom is -0.461 e. The minimum absolute atomic E-state index is 0.0170. The van der Waals surface area contributed by atoms with E-state index in [2.05, 4.69) is 4.98 Å². The predicted molar refractivity (Wildman–Crippen MR) is 117 cm³/mol. The third kappa shape index (κ3) is 5.30. The van der Waals surface area contributed by atoms with Gasteiger partial charge in [-0.05, 0) is 45.7 Å². The summed E-state index contributed by atoms with van der Waals surface area (Å²) in [5, 5.41) is 0. The zero-order valence-corrected chi connectivity index (χ0v) is 19.5. The lowest BCUT2D eigenvalue weighted by molar-refractivity contribution is -0.153. The van der Waals surface area contributed by atoms with Crippen LogP contribution < -0.4 is 0 Å². The molecule has 0 saturated heterocycles. The molecular weight excluding hydrogens is 428 g/mol. The second kappa shape index (κ2) is 9.56. The van der Waals surface area contributed by atoms with Gasteiger partial charge in [0.25, 0.3) is 0 Å². The van der Waals surface area contributed by atoms with Gasteiger partial charge in [-0.15, -0.1) is 0 Å². The fourth-order valence-electron chi connectivity index (χ4n) is 3.78. The summed E-state index contributed by atoms with van der Waals surface area (Å²) in [5.41, 5.74) is 1.14. The molecule has 0 saturated carbocycles. The Kier molecular flexibility index (Phi) is 7.00. The zero-order chi connectivity index (χ0) is 24.3. The molecule has 0 N–H and O–H groups in total. The highest BCUT2D eigenvalue weighted by Gasteiger charge is 2.37. The van der Waals surface area contributed by atoms with Crippen LogP contribution in [0.3, 0.4) is 0 Å². The van der Waals surface area contributed by atoms with Gasteiger partial charge in [0.2, 0.25) is 5.82 Å². The zero-order valence-electron chi connectivity index (χ0n) is 19.5. The minimum atomic E-state index is -0.810. The van der Waals surface area contributed by atoms with Crippen LogP contribution in [-0.2, 0) is 31.8 Å². The Morgan fingerprint density at radius 1 is 1.09 bits per heavy atom. The maximum atomic E-state index is 13.3. The Hall–Kier alpha value is -3.49. The summed E-state index contributed by atoms with van der Waals surface area (Å²) < 4.78 is 16.8. The van der Waals surface area contributed by atoms with Crippen LogP contribution in [0.15, 0.2) is 24.4 Å². The number of hydrogen-bond donors (Lipinski definition) is 0. The summed E-state index contributed by atoms with van der Waals surface area (Å²) in [6.07, 6.45) is 1.59. The molecule has 1 heterocycles. The Morgan fingerprint density at radius 2 is 1.76 bits per heavy atom. The molecule has 2 aromatic rings. The number of Topliss-reactive ketones (excluding diaryl/α,β-unsaturated/α-hetero) is 1. The molecule has 1 aliphatic carbocycles. The molecule has 0 amide bonds. The van der Waals surface area contributed by atoms with Crippen molar-refractivity contribution in [1.82, 2.24) is 9.55 Å². The fourth-order valence-corrected chi connectivity index (χ4v) is 3.78. The topological polar surface area (TPSA) is 114 Å². The molecule has 1 aliphatic rings. The number of carbonyl (C=O) groups excluding carboxylic acids is 4. The van der Waals surface area contributed by atoms with Crippen molar-refractivity contribution in [2.45, 2.75) is 59.1 Å². The van der Waals surface area contributed by atoms with Crippen LogP contribution in [0.2, 0.25) is 0 Å². The molecule has 0 spiro atoms. The van der Waals surface area contributed by atoms with E-state index in [1.165, 1.54) is 10.8 Å². The summed E-state index contributed by atoms with van der Waals surface area (Å²) in [5.74, 6) is -2.23. The summed E-state index contributed by atoms with van der Waals surface area (Å²) in [4.78, 5) is 54.5. The van der Waals surface area contributed by atoms with Crippen molar-refractivity contribution >= 4 is 23.7 Å². The van der Waals surface area contributed by atoms with E-state index in [4.69, 9.17) is 14.2 Å². The summed E-state index contributed by atoms with van der Waals surface area (Å²) >= 11 is 0. The molecule has 1 atom stereocenters.